The van der Waals surface area contributed by atoms with Crippen molar-refractivity contribution >= 4 is 22.7 Å². The minimum absolute atomic E-state index is 0.193. The Morgan fingerprint density at radius 1 is 0.600 bits per heavy atom. The van der Waals surface area contributed by atoms with Gasteiger partial charge >= 0.3 is 12.4 Å². The van der Waals surface area contributed by atoms with E-state index in [0.29, 0.717) is 60.3 Å². The molecule has 7 N–H and O–H groups in total. The molecule has 9 heterocycles. The highest BCUT2D eigenvalue weighted by Crippen LogP contribution is 2.49. The van der Waals surface area contributed by atoms with Gasteiger partial charge in [0.2, 0.25) is 0 Å². The van der Waals surface area contributed by atoms with Gasteiger partial charge in [-0.1, -0.05) is 12.1 Å². The van der Waals surface area contributed by atoms with Crippen LogP contribution in [0.2, 0.25) is 0 Å². The average Bonchev–Trinajstić information content (AvgIpc) is 4.09. The number of anilines is 2. The largest absolute Gasteiger partial charge is 0.421 e. The SMILES string of the molecule is CN1CCC(C(O)(c2ccc(-n3cc(-c4ccnc(N)c4N)cn3)nc2)C(F)(F)F)CC1.CN1CCC(C(O)(c2ccc(-n3cc(-c4ccnc5nc[nH]c45)cn3)nc2)C(F)(F)F)CC1. The molecular weight excluding hydrogens is 859 g/mol. The van der Waals surface area contributed by atoms with Crippen molar-refractivity contribution in [1.29, 1.82) is 0 Å². The molecule has 16 nitrogen and oxygen atoms in total. The number of aromatic amines is 1. The zero-order valence-electron chi connectivity index (χ0n) is 35.2. The lowest BCUT2D eigenvalue weighted by Crippen LogP contribution is -2.51. The first-order valence-electron chi connectivity index (χ1n) is 20.7. The van der Waals surface area contributed by atoms with E-state index in [-0.39, 0.29) is 42.6 Å². The van der Waals surface area contributed by atoms with Gasteiger partial charge in [-0.05, 0) is 90.2 Å². The lowest BCUT2D eigenvalue weighted by atomic mass is 9.76. The number of rotatable bonds is 8. The predicted molar refractivity (Wildman–Crippen MR) is 228 cm³/mol. The maximum Gasteiger partial charge on any atom is 0.421 e. The van der Waals surface area contributed by atoms with Crippen molar-refractivity contribution in [3.05, 3.63) is 103 Å². The average molecular weight is 905 g/mol. The van der Waals surface area contributed by atoms with Crippen molar-refractivity contribution in [2.75, 3.05) is 51.7 Å². The number of piperidine rings is 2. The number of nitrogen functional groups attached to an aromatic ring is 2. The highest BCUT2D eigenvalue weighted by molar-refractivity contribution is 5.89. The van der Waals surface area contributed by atoms with E-state index in [0.717, 1.165) is 29.0 Å². The number of likely N-dealkylation sites (tertiary alicyclic amines) is 2. The van der Waals surface area contributed by atoms with Crippen LogP contribution in [-0.2, 0) is 11.2 Å². The van der Waals surface area contributed by atoms with Gasteiger partial charge < -0.3 is 36.5 Å². The van der Waals surface area contributed by atoms with E-state index in [4.69, 9.17) is 11.5 Å². The molecular formula is C43H46F6N14O2. The second-order valence-corrected chi connectivity index (χ2v) is 16.5. The minimum Gasteiger partial charge on any atom is -0.395 e. The molecule has 7 aromatic rings. The number of imidazole rings is 1. The Kier molecular flexibility index (Phi) is 12.1. The van der Waals surface area contributed by atoms with Gasteiger partial charge in [0.05, 0.1) is 29.9 Å². The molecule has 0 radical (unpaired) electrons. The smallest absolute Gasteiger partial charge is 0.395 e. The summed E-state index contributed by atoms with van der Waals surface area (Å²) in [5.41, 5.74) is 9.82. The van der Waals surface area contributed by atoms with Gasteiger partial charge in [0, 0.05) is 82.4 Å². The fourth-order valence-electron chi connectivity index (χ4n) is 8.61. The van der Waals surface area contributed by atoms with Crippen molar-refractivity contribution in [2.24, 2.45) is 11.8 Å². The summed E-state index contributed by atoms with van der Waals surface area (Å²) in [6.45, 7) is 1.99. The summed E-state index contributed by atoms with van der Waals surface area (Å²) in [7, 11) is 3.71. The Hall–Kier alpha value is -6.49. The molecule has 2 fully saturated rings. The minimum atomic E-state index is -4.82. The van der Waals surface area contributed by atoms with Crippen LogP contribution in [0.25, 0.3) is 45.1 Å². The summed E-state index contributed by atoms with van der Waals surface area (Å²) in [6, 6.07) is 8.90. The fourth-order valence-corrected chi connectivity index (χ4v) is 8.61. The second kappa shape index (κ2) is 17.5. The molecule has 0 bridgehead atoms. The number of halogens is 6. The number of hydrogen-bond acceptors (Lipinski definition) is 13. The molecule has 2 unspecified atom stereocenters. The van der Waals surface area contributed by atoms with Crippen LogP contribution in [0.5, 0.6) is 0 Å². The predicted octanol–water partition coefficient (Wildman–Crippen LogP) is 5.88. The number of alkyl halides is 6. The van der Waals surface area contributed by atoms with Gasteiger partial charge in [0.15, 0.2) is 28.5 Å². The standard InChI is InChI=1S/C22H22F3N7O.C21H24F3N7O/c1-31-8-5-15(6-9-31)21(33,22(23,24)25)16-2-3-18(27-11-16)32-12-14(10-30-32)17-4-7-26-20-19(17)28-13-29-20;1-30-8-5-14(6-9-30)20(32,21(22,23)24)15-2-3-17(28-11-15)31-12-13(10-29-31)16-4-7-27-19(26)18(16)25/h2-4,7,10-13,15,33H,5-6,8-9H2,1H3,(H,26,28,29);2-4,7,10-12,14,32H,5-6,8-9,25H2,1H3,(H2,26,27). The molecule has 2 aliphatic heterocycles. The highest BCUT2D eigenvalue weighted by Gasteiger charge is 2.61. The fraction of sp³-hybridized carbons (Fsp3) is 0.372. The van der Waals surface area contributed by atoms with Crippen LogP contribution in [0.3, 0.4) is 0 Å². The summed E-state index contributed by atoms with van der Waals surface area (Å²) in [5.74, 6) is -1.04. The van der Waals surface area contributed by atoms with Gasteiger partial charge in [-0.15, -0.1) is 0 Å². The number of pyridine rings is 4. The third-order valence-electron chi connectivity index (χ3n) is 12.5. The van der Waals surface area contributed by atoms with Gasteiger partial charge in [-0.25, -0.2) is 34.3 Å². The number of H-pyrrole nitrogens is 1. The molecule has 7 aromatic heterocycles. The third-order valence-corrected chi connectivity index (χ3v) is 12.5. The van der Waals surface area contributed by atoms with E-state index in [1.54, 1.807) is 43.4 Å². The molecule has 342 valence electrons. The van der Waals surface area contributed by atoms with E-state index < -0.39 is 35.4 Å². The van der Waals surface area contributed by atoms with E-state index >= 15 is 0 Å². The molecule has 0 aromatic carbocycles. The summed E-state index contributed by atoms with van der Waals surface area (Å²) >= 11 is 0. The van der Waals surface area contributed by atoms with Gasteiger partial charge in [0.25, 0.3) is 0 Å². The monoisotopic (exact) mass is 904 g/mol. The third kappa shape index (κ3) is 8.60. The van der Waals surface area contributed by atoms with E-state index in [1.807, 2.05) is 30.0 Å². The summed E-state index contributed by atoms with van der Waals surface area (Å²) in [4.78, 5) is 27.5. The topological polar surface area (TPSA) is 215 Å². The first-order chi connectivity index (χ1) is 30.9. The van der Waals surface area contributed by atoms with E-state index in [1.165, 1.54) is 39.8 Å². The maximum absolute atomic E-state index is 14.1. The summed E-state index contributed by atoms with van der Waals surface area (Å²) < 4.78 is 87.1. The Morgan fingerprint density at radius 3 is 1.52 bits per heavy atom. The summed E-state index contributed by atoms with van der Waals surface area (Å²) in [5, 5.41) is 30.3. The van der Waals surface area contributed by atoms with Crippen LogP contribution >= 0.6 is 0 Å². The first-order valence-corrected chi connectivity index (χ1v) is 20.7. The number of fused-ring (bicyclic) bond motifs is 1. The number of aliphatic hydroxyl groups is 2. The van der Waals surface area contributed by atoms with Crippen LogP contribution in [-0.4, -0.2) is 122 Å². The van der Waals surface area contributed by atoms with Crippen molar-refractivity contribution in [1.82, 2.24) is 59.3 Å². The van der Waals surface area contributed by atoms with Gasteiger partial charge in [0.1, 0.15) is 5.82 Å². The van der Waals surface area contributed by atoms with Gasteiger partial charge in [-0.3, -0.25) is 0 Å². The first kappa shape index (κ1) is 45.1. The Morgan fingerprint density at radius 2 is 1.06 bits per heavy atom. The molecule has 9 rings (SSSR count). The van der Waals surface area contributed by atoms with Crippen molar-refractivity contribution in [3.63, 3.8) is 0 Å². The molecule has 22 heteroatoms. The van der Waals surface area contributed by atoms with Crippen LogP contribution in [0, 0.1) is 11.8 Å². The van der Waals surface area contributed by atoms with Crippen molar-refractivity contribution < 1.29 is 36.6 Å². The second-order valence-electron chi connectivity index (χ2n) is 16.5. The van der Waals surface area contributed by atoms with Crippen LogP contribution < -0.4 is 11.5 Å². The quantitative estimate of drug-likeness (QED) is 0.113. The molecule has 2 saturated heterocycles. The van der Waals surface area contributed by atoms with E-state index in [9.17, 15) is 36.6 Å². The number of nitrogens with zero attached hydrogens (tertiary/aromatic N) is 11. The number of nitrogens with one attached hydrogen (secondary N) is 1. The molecule has 65 heavy (non-hydrogen) atoms. The zero-order valence-corrected chi connectivity index (χ0v) is 35.2. The van der Waals surface area contributed by atoms with Crippen LogP contribution in [0.15, 0.2) is 92.3 Å². The normalized spacial score (nSPS) is 17.9. The van der Waals surface area contributed by atoms with E-state index in [2.05, 4.69) is 40.1 Å². The molecule has 0 spiro atoms. The molecule has 0 saturated carbocycles. The van der Waals surface area contributed by atoms with Crippen molar-refractivity contribution in [3.8, 4) is 33.9 Å². The lowest BCUT2D eigenvalue weighted by molar-refractivity contribution is -0.291. The molecule has 2 atom stereocenters. The highest BCUT2D eigenvalue weighted by atomic mass is 19.4. The van der Waals surface area contributed by atoms with Crippen LogP contribution in [0.4, 0.5) is 37.8 Å². The molecule has 2 aliphatic rings. The Labute approximate surface area is 368 Å². The Bertz CT molecular complexity index is 2720. The van der Waals surface area contributed by atoms with Crippen molar-refractivity contribution in [2.45, 2.75) is 49.2 Å². The van der Waals surface area contributed by atoms with Gasteiger partial charge in [-0.2, -0.15) is 36.5 Å². The lowest BCUT2D eigenvalue weighted by Gasteiger charge is -2.41. The Balaban J connectivity index is 0.000000177. The number of nitrogens with two attached hydrogens (primary N) is 2. The summed E-state index contributed by atoms with van der Waals surface area (Å²) in [6.07, 6.45) is 4.79. The molecule has 0 aliphatic carbocycles. The zero-order chi connectivity index (χ0) is 46.3. The number of hydrogen-bond donors (Lipinski definition) is 5. The number of aromatic nitrogens is 10. The van der Waals surface area contributed by atoms with Crippen LogP contribution in [0.1, 0.15) is 36.8 Å². The maximum atomic E-state index is 14.1. The molecule has 0 amide bonds.